The molecule has 0 saturated carbocycles. The number of hydrogen-bond acceptors (Lipinski definition) is 3. The predicted molar refractivity (Wildman–Crippen MR) is 91.2 cm³/mol. The lowest BCUT2D eigenvalue weighted by Gasteiger charge is -2.21. The maximum atomic E-state index is 6.37. The van der Waals surface area contributed by atoms with Crippen molar-refractivity contribution in [3.63, 3.8) is 0 Å². The van der Waals surface area contributed by atoms with Crippen LogP contribution in [0.4, 0.5) is 0 Å². The predicted octanol–water partition coefficient (Wildman–Crippen LogP) is 4.56. The maximum absolute atomic E-state index is 6.37. The molecule has 1 atom stereocenters. The molecule has 114 valence electrons. The van der Waals surface area contributed by atoms with Gasteiger partial charge in [-0.05, 0) is 32.5 Å². The van der Waals surface area contributed by atoms with E-state index in [1.165, 1.54) is 4.90 Å². The van der Waals surface area contributed by atoms with Crippen LogP contribution in [0.2, 0.25) is 5.02 Å². The Bertz CT molecular complexity index is 554. The summed E-state index contributed by atoms with van der Waals surface area (Å²) in [5.41, 5.74) is 1.08. The number of thioether (sulfide) groups is 1. The third kappa shape index (κ3) is 4.25. The van der Waals surface area contributed by atoms with E-state index in [-0.39, 0.29) is 6.04 Å². The second kappa shape index (κ2) is 7.87. The van der Waals surface area contributed by atoms with Crippen LogP contribution in [0, 0.1) is 0 Å². The molecule has 0 radical (unpaired) electrons. The van der Waals surface area contributed by atoms with Gasteiger partial charge >= 0.3 is 0 Å². The van der Waals surface area contributed by atoms with Gasteiger partial charge in [0, 0.05) is 16.7 Å². The van der Waals surface area contributed by atoms with E-state index in [0.29, 0.717) is 6.04 Å². The molecule has 0 saturated heterocycles. The minimum Gasteiger partial charge on any atom is -0.308 e. The van der Waals surface area contributed by atoms with Crippen LogP contribution in [0.3, 0.4) is 0 Å². The second-order valence-corrected chi connectivity index (χ2v) is 6.65. The summed E-state index contributed by atoms with van der Waals surface area (Å²) in [6.07, 6.45) is 1.74. The Hall–Kier alpha value is -0.970. The summed E-state index contributed by atoms with van der Waals surface area (Å²) < 4.78 is 2.02. The number of rotatable bonds is 7. The Balaban J connectivity index is 2.17. The highest BCUT2D eigenvalue weighted by molar-refractivity contribution is 7.99. The van der Waals surface area contributed by atoms with Crippen LogP contribution in [0.15, 0.2) is 41.4 Å². The summed E-state index contributed by atoms with van der Waals surface area (Å²) in [5, 5.41) is 8.67. The molecule has 0 fully saturated rings. The first-order valence-electron chi connectivity index (χ1n) is 7.27. The van der Waals surface area contributed by atoms with E-state index in [9.17, 15) is 0 Å². The number of halogens is 1. The van der Waals surface area contributed by atoms with E-state index >= 15 is 0 Å². The lowest BCUT2D eigenvalue weighted by molar-refractivity contribution is 0.468. The van der Waals surface area contributed by atoms with E-state index in [4.69, 9.17) is 11.6 Å². The van der Waals surface area contributed by atoms with Crippen molar-refractivity contribution < 1.29 is 0 Å². The first-order valence-corrected chi connectivity index (χ1v) is 8.64. The first-order chi connectivity index (χ1) is 10.1. The van der Waals surface area contributed by atoms with Crippen molar-refractivity contribution >= 4 is 23.4 Å². The molecule has 0 spiro atoms. The molecule has 0 aliphatic rings. The lowest BCUT2D eigenvalue weighted by Crippen LogP contribution is -2.26. The molecule has 1 heterocycles. The molecule has 21 heavy (non-hydrogen) atoms. The van der Waals surface area contributed by atoms with E-state index in [2.05, 4.69) is 55.5 Å². The van der Waals surface area contributed by atoms with Gasteiger partial charge in [0.1, 0.15) is 0 Å². The zero-order chi connectivity index (χ0) is 15.2. The smallest absolute Gasteiger partial charge is 0.0834 e. The van der Waals surface area contributed by atoms with Gasteiger partial charge in [-0.3, -0.25) is 4.68 Å². The number of benzene rings is 1. The molecule has 3 nitrogen and oxygen atoms in total. The highest BCUT2D eigenvalue weighted by atomic mass is 35.5. The van der Waals surface area contributed by atoms with Gasteiger partial charge in [-0.2, -0.15) is 5.10 Å². The van der Waals surface area contributed by atoms with Gasteiger partial charge in [0.15, 0.2) is 0 Å². The topological polar surface area (TPSA) is 29.9 Å². The Morgan fingerprint density at radius 1 is 1.29 bits per heavy atom. The Morgan fingerprint density at radius 3 is 2.62 bits per heavy atom. The minimum absolute atomic E-state index is 0.192. The lowest BCUT2D eigenvalue weighted by atomic mass is 10.2. The SMILES string of the molecule is CCNC(CSc1ccccc1)c1c(Cl)cnn1C(C)C. The van der Waals surface area contributed by atoms with Crippen LogP contribution < -0.4 is 5.32 Å². The van der Waals surface area contributed by atoms with Crippen molar-refractivity contribution in [2.75, 3.05) is 12.3 Å². The number of nitrogens with one attached hydrogen (secondary N) is 1. The summed E-state index contributed by atoms with van der Waals surface area (Å²) in [7, 11) is 0. The largest absolute Gasteiger partial charge is 0.308 e. The molecule has 0 aliphatic carbocycles. The standard InChI is InChI=1S/C16H22ClN3S/c1-4-18-15(11-21-13-8-6-5-7-9-13)16-14(17)10-19-20(16)12(2)3/h5-10,12,15,18H,4,11H2,1-3H3. The quantitative estimate of drug-likeness (QED) is 0.757. The van der Waals surface area contributed by atoms with Crippen molar-refractivity contribution in [2.24, 2.45) is 0 Å². The molecule has 0 amide bonds. The van der Waals surface area contributed by atoms with Crippen LogP contribution in [0.1, 0.15) is 38.5 Å². The average molecular weight is 324 g/mol. The Morgan fingerprint density at radius 2 is 2.00 bits per heavy atom. The first kappa shape index (κ1) is 16.4. The van der Waals surface area contributed by atoms with Crippen molar-refractivity contribution in [1.82, 2.24) is 15.1 Å². The highest BCUT2D eigenvalue weighted by Gasteiger charge is 2.21. The molecule has 2 aromatic rings. The average Bonchev–Trinajstić information content (AvgIpc) is 2.86. The number of hydrogen-bond donors (Lipinski definition) is 1. The van der Waals surface area contributed by atoms with Crippen LogP contribution in [0.5, 0.6) is 0 Å². The molecule has 0 bridgehead atoms. The van der Waals surface area contributed by atoms with Crippen LogP contribution >= 0.6 is 23.4 Å². The fraction of sp³-hybridized carbons (Fsp3) is 0.438. The highest BCUT2D eigenvalue weighted by Crippen LogP contribution is 2.30. The molecule has 2 rings (SSSR count). The second-order valence-electron chi connectivity index (χ2n) is 5.15. The van der Waals surface area contributed by atoms with Gasteiger partial charge in [-0.15, -0.1) is 11.8 Å². The van der Waals surface area contributed by atoms with Gasteiger partial charge in [0.2, 0.25) is 0 Å². The summed E-state index contributed by atoms with van der Waals surface area (Å²) in [5.74, 6) is 0.927. The summed E-state index contributed by atoms with van der Waals surface area (Å²) >= 11 is 8.20. The van der Waals surface area contributed by atoms with E-state index in [1.807, 2.05) is 22.5 Å². The Labute approximate surface area is 136 Å². The van der Waals surface area contributed by atoms with Crippen molar-refractivity contribution in [2.45, 2.75) is 37.8 Å². The number of aromatic nitrogens is 2. The molecule has 1 aromatic heterocycles. The van der Waals surface area contributed by atoms with Crippen LogP contribution in [0.25, 0.3) is 0 Å². The van der Waals surface area contributed by atoms with Crippen LogP contribution in [-0.4, -0.2) is 22.1 Å². The van der Waals surface area contributed by atoms with E-state index in [0.717, 1.165) is 23.0 Å². The molecule has 5 heteroatoms. The summed E-state index contributed by atoms with van der Waals surface area (Å²) in [4.78, 5) is 1.27. The fourth-order valence-electron chi connectivity index (χ4n) is 2.27. The van der Waals surface area contributed by atoms with E-state index in [1.54, 1.807) is 6.20 Å². The van der Waals surface area contributed by atoms with Crippen molar-refractivity contribution in [3.8, 4) is 0 Å². The van der Waals surface area contributed by atoms with Gasteiger partial charge in [-0.1, -0.05) is 36.7 Å². The number of nitrogens with zero attached hydrogens (tertiary/aromatic N) is 2. The zero-order valence-corrected chi connectivity index (χ0v) is 14.3. The van der Waals surface area contributed by atoms with Crippen molar-refractivity contribution in [3.05, 3.63) is 47.2 Å². The minimum atomic E-state index is 0.192. The van der Waals surface area contributed by atoms with Gasteiger partial charge in [-0.25, -0.2) is 0 Å². The molecule has 0 aliphatic heterocycles. The molecule has 1 N–H and O–H groups in total. The summed E-state index contributed by atoms with van der Waals surface area (Å²) in [6.45, 7) is 7.27. The van der Waals surface area contributed by atoms with E-state index < -0.39 is 0 Å². The zero-order valence-electron chi connectivity index (χ0n) is 12.7. The molecular weight excluding hydrogens is 302 g/mol. The van der Waals surface area contributed by atoms with Gasteiger partial charge in [0.25, 0.3) is 0 Å². The van der Waals surface area contributed by atoms with Gasteiger partial charge < -0.3 is 5.32 Å². The normalized spacial score (nSPS) is 12.8. The molecule has 1 unspecified atom stereocenters. The molecular formula is C16H22ClN3S. The Kier molecular flexibility index (Phi) is 6.15. The fourth-order valence-corrected chi connectivity index (χ4v) is 3.51. The van der Waals surface area contributed by atoms with Crippen LogP contribution in [-0.2, 0) is 0 Å². The summed E-state index contributed by atoms with van der Waals surface area (Å²) in [6, 6.07) is 10.9. The monoisotopic (exact) mass is 323 g/mol. The molecule has 1 aromatic carbocycles. The maximum Gasteiger partial charge on any atom is 0.0834 e. The van der Waals surface area contributed by atoms with Gasteiger partial charge in [0.05, 0.1) is 23.0 Å². The third-order valence-electron chi connectivity index (χ3n) is 3.22. The van der Waals surface area contributed by atoms with Crippen molar-refractivity contribution in [1.29, 1.82) is 0 Å². The third-order valence-corrected chi connectivity index (χ3v) is 4.61.